The van der Waals surface area contributed by atoms with Gasteiger partial charge >= 0.3 is 0 Å². The maximum absolute atomic E-state index is 5.62. The van der Waals surface area contributed by atoms with E-state index in [0.717, 1.165) is 12.5 Å². The fraction of sp³-hybridized carbons (Fsp3) is 1.00. The van der Waals surface area contributed by atoms with Crippen LogP contribution in [-0.2, 0) is 0 Å². The summed E-state index contributed by atoms with van der Waals surface area (Å²) in [7, 11) is 0. The van der Waals surface area contributed by atoms with Gasteiger partial charge in [-0.05, 0) is 62.9 Å². The summed E-state index contributed by atoms with van der Waals surface area (Å²) in [4.78, 5) is 0. The Morgan fingerprint density at radius 3 is 2.53 bits per heavy atom. The zero-order valence-electron chi connectivity index (χ0n) is 11.9. The summed E-state index contributed by atoms with van der Waals surface area (Å²) < 4.78 is 0. The number of nitrogens with two attached hydrogens (primary N) is 1. The van der Waals surface area contributed by atoms with E-state index in [-0.39, 0.29) is 0 Å². The molecule has 3 N–H and O–H groups in total. The first-order valence-corrected chi connectivity index (χ1v) is 7.67. The van der Waals surface area contributed by atoms with Crippen LogP contribution in [0.2, 0.25) is 0 Å². The number of hydrogen-bond acceptors (Lipinski definition) is 2. The lowest BCUT2D eigenvalue weighted by atomic mass is 9.96. The van der Waals surface area contributed by atoms with Crippen LogP contribution in [0.3, 0.4) is 0 Å². The maximum Gasteiger partial charge on any atom is 0.000781 e. The van der Waals surface area contributed by atoms with Gasteiger partial charge in [-0.1, -0.05) is 26.7 Å². The summed E-state index contributed by atoms with van der Waals surface area (Å²) in [6.45, 7) is 7.90. The quantitative estimate of drug-likeness (QED) is 0.544. The number of nitrogens with one attached hydrogen (secondary N) is 1. The molecule has 1 saturated carbocycles. The molecule has 0 heterocycles. The molecule has 0 aromatic heterocycles. The van der Waals surface area contributed by atoms with E-state index in [1.54, 1.807) is 0 Å². The van der Waals surface area contributed by atoms with Gasteiger partial charge in [0.1, 0.15) is 0 Å². The van der Waals surface area contributed by atoms with Gasteiger partial charge in [0.15, 0.2) is 0 Å². The van der Waals surface area contributed by atoms with Crippen molar-refractivity contribution in [3.63, 3.8) is 0 Å². The third kappa shape index (κ3) is 5.87. The lowest BCUT2D eigenvalue weighted by Crippen LogP contribution is -2.25. The molecule has 0 saturated heterocycles. The molecule has 1 aliphatic carbocycles. The van der Waals surface area contributed by atoms with Crippen molar-refractivity contribution in [2.45, 2.75) is 65.2 Å². The van der Waals surface area contributed by atoms with Gasteiger partial charge in [0.05, 0.1) is 0 Å². The topological polar surface area (TPSA) is 38.0 Å². The monoisotopic (exact) mass is 240 g/mol. The second-order valence-corrected chi connectivity index (χ2v) is 5.92. The first-order valence-electron chi connectivity index (χ1n) is 7.67. The lowest BCUT2D eigenvalue weighted by molar-refractivity contribution is 0.393. The average molecular weight is 240 g/mol. The minimum atomic E-state index is 0.705. The second kappa shape index (κ2) is 8.10. The average Bonchev–Trinajstić information content (AvgIpc) is 3.08. The Hall–Kier alpha value is -0.0800. The summed E-state index contributed by atoms with van der Waals surface area (Å²) in [5, 5.41) is 3.66. The molecule has 17 heavy (non-hydrogen) atoms. The molecule has 1 unspecified atom stereocenters. The Morgan fingerprint density at radius 1 is 1.24 bits per heavy atom. The Labute approximate surface area is 108 Å². The molecule has 1 fully saturated rings. The Morgan fingerprint density at radius 2 is 2.00 bits per heavy atom. The summed E-state index contributed by atoms with van der Waals surface area (Å²) >= 11 is 0. The Balaban J connectivity index is 1.97. The van der Waals surface area contributed by atoms with Crippen LogP contribution < -0.4 is 11.1 Å². The van der Waals surface area contributed by atoms with Gasteiger partial charge in [-0.2, -0.15) is 0 Å². The van der Waals surface area contributed by atoms with Crippen LogP contribution >= 0.6 is 0 Å². The van der Waals surface area contributed by atoms with Crippen molar-refractivity contribution in [2.75, 3.05) is 19.6 Å². The summed E-state index contributed by atoms with van der Waals surface area (Å²) in [5.74, 6) is 0.854. The van der Waals surface area contributed by atoms with Crippen molar-refractivity contribution in [1.82, 2.24) is 5.32 Å². The van der Waals surface area contributed by atoms with Crippen LogP contribution in [0.25, 0.3) is 0 Å². The van der Waals surface area contributed by atoms with Crippen molar-refractivity contribution in [3.8, 4) is 0 Å². The van der Waals surface area contributed by atoms with Crippen LogP contribution in [-0.4, -0.2) is 19.6 Å². The minimum Gasteiger partial charge on any atom is -0.330 e. The summed E-state index contributed by atoms with van der Waals surface area (Å²) in [6, 6.07) is 0. The van der Waals surface area contributed by atoms with Crippen LogP contribution in [0.4, 0.5) is 0 Å². The summed E-state index contributed by atoms with van der Waals surface area (Å²) in [6.07, 6.45) is 10.8. The highest BCUT2D eigenvalue weighted by Crippen LogP contribution is 2.48. The zero-order valence-corrected chi connectivity index (χ0v) is 11.9. The first kappa shape index (κ1) is 15.0. The highest BCUT2D eigenvalue weighted by Gasteiger charge is 2.40. The van der Waals surface area contributed by atoms with Gasteiger partial charge in [-0.15, -0.1) is 0 Å². The van der Waals surface area contributed by atoms with Gasteiger partial charge in [-0.3, -0.25) is 0 Å². The van der Waals surface area contributed by atoms with E-state index in [4.69, 9.17) is 5.73 Å². The normalized spacial score (nSPS) is 19.2. The molecule has 1 rings (SSSR count). The molecule has 102 valence electrons. The van der Waals surface area contributed by atoms with E-state index in [1.807, 2.05) is 0 Å². The fourth-order valence-electron chi connectivity index (χ4n) is 2.88. The zero-order chi connectivity index (χ0) is 12.6. The predicted octanol–water partition coefficient (Wildman–Crippen LogP) is 3.31. The van der Waals surface area contributed by atoms with Gasteiger partial charge in [-0.25, -0.2) is 0 Å². The molecule has 0 spiro atoms. The van der Waals surface area contributed by atoms with Crippen molar-refractivity contribution in [3.05, 3.63) is 0 Å². The van der Waals surface area contributed by atoms with E-state index in [9.17, 15) is 0 Å². The molecular formula is C15H32N2. The third-order valence-corrected chi connectivity index (χ3v) is 4.36. The molecule has 0 bridgehead atoms. The molecule has 0 aromatic carbocycles. The lowest BCUT2D eigenvalue weighted by Gasteiger charge is -2.16. The first-order chi connectivity index (χ1) is 8.26. The van der Waals surface area contributed by atoms with Crippen molar-refractivity contribution in [1.29, 1.82) is 0 Å². The maximum atomic E-state index is 5.62. The van der Waals surface area contributed by atoms with Crippen LogP contribution in [0, 0.1) is 11.3 Å². The molecule has 0 amide bonds. The highest BCUT2D eigenvalue weighted by atomic mass is 14.9. The van der Waals surface area contributed by atoms with E-state index in [0.29, 0.717) is 5.41 Å². The van der Waals surface area contributed by atoms with E-state index >= 15 is 0 Å². The smallest absolute Gasteiger partial charge is 0.000781 e. The Bertz CT molecular complexity index is 187. The van der Waals surface area contributed by atoms with E-state index < -0.39 is 0 Å². The molecule has 1 aliphatic rings. The van der Waals surface area contributed by atoms with Crippen molar-refractivity contribution >= 4 is 0 Å². The second-order valence-electron chi connectivity index (χ2n) is 5.92. The molecule has 2 heteroatoms. The fourth-order valence-corrected chi connectivity index (χ4v) is 2.88. The third-order valence-electron chi connectivity index (χ3n) is 4.36. The molecule has 0 radical (unpaired) electrons. The molecule has 0 aliphatic heterocycles. The molecule has 1 atom stereocenters. The van der Waals surface area contributed by atoms with E-state index in [2.05, 4.69) is 19.2 Å². The van der Waals surface area contributed by atoms with Crippen molar-refractivity contribution < 1.29 is 0 Å². The molecular weight excluding hydrogens is 208 g/mol. The molecule has 0 aromatic rings. The van der Waals surface area contributed by atoms with Gasteiger partial charge in [0.25, 0.3) is 0 Å². The largest absolute Gasteiger partial charge is 0.330 e. The molecule has 2 nitrogen and oxygen atoms in total. The highest BCUT2D eigenvalue weighted by molar-refractivity contribution is 4.94. The van der Waals surface area contributed by atoms with Crippen LogP contribution in [0.5, 0.6) is 0 Å². The Kier molecular flexibility index (Phi) is 7.14. The van der Waals surface area contributed by atoms with Gasteiger partial charge < -0.3 is 11.1 Å². The SMILES string of the molecule is CCCC1(CNCCCC(CC)CCN)CC1. The standard InChI is InChI=1S/C15H32N2/c1-3-8-15(9-10-15)13-17-12-5-6-14(4-2)7-11-16/h14,17H,3-13,16H2,1-2H3. The van der Waals surface area contributed by atoms with Crippen LogP contribution in [0.15, 0.2) is 0 Å². The number of rotatable bonds is 11. The summed E-state index contributed by atoms with van der Waals surface area (Å²) in [5.41, 5.74) is 6.32. The van der Waals surface area contributed by atoms with Crippen LogP contribution in [0.1, 0.15) is 65.2 Å². The van der Waals surface area contributed by atoms with Gasteiger partial charge in [0.2, 0.25) is 0 Å². The van der Waals surface area contributed by atoms with Gasteiger partial charge in [0, 0.05) is 6.54 Å². The number of hydrogen-bond donors (Lipinski definition) is 2. The minimum absolute atomic E-state index is 0.705. The van der Waals surface area contributed by atoms with E-state index in [1.165, 1.54) is 64.5 Å². The predicted molar refractivity (Wildman–Crippen MR) is 76.1 cm³/mol. The van der Waals surface area contributed by atoms with Crippen molar-refractivity contribution in [2.24, 2.45) is 17.1 Å².